The maximum absolute atomic E-state index is 15.0. The average Bonchev–Trinajstić information content (AvgIpc) is 1.75. The topological polar surface area (TPSA) is 421 Å². The predicted molar refractivity (Wildman–Crippen MR) is 411 cm³/mol. The van der Waals surface area contributed by atoms with Crippen molar-refractivity contribution in [3.63, 3.8) is 0 Å². The Hall–Kier alpha value is -7.17. The fourth-order valence-electron chi connectivity index (χ4n) is 12.7. The standard InChI is InChI=1S/C76H129N13O14S2/c1-7-10-12-14-16-18-20-22-24-26-28-30-32-34-44-80-76(102)103-55-40-38-54(39-41-55)47-58-71(97)88-67(53(6)9-3)74(100)83-56(42-43-63(77)90)69(95)85-59(48-64(78)91)70(96)87-61(75(101)89-45-35-36-62(89)73(99)86-57(46-52(4)5)68(94)81-49-65(79)92)51-105-104-50-60(72(98)84-58)82-66(93)37-33-31-29-27-25-23-21-19-17-15-13-11-8-2/h38-41,52-53,56-62,67H,7-37,42-51H2,1-6H3,(H2,77,90)(H2,78,91)(H2,79,92)(H,80,102)(H,81,94)(H,82,93)(H,83,100)(H,84,98)(H,85,95)(H,86,99)(H,87,96)(H,88,97)/t53-,56-,57-,58-,59-,60-,61-,62-,67-/m0/s1. The molecule has 27 nitrogen and oxygen atoms in total. The van der Waals surface area contributed by atoms with Crippen LogP contribution in [0.1, 0.15) is 272 Å². The van der Waals surface area contributed by atoms with Gasteiger partial charge in [-0.05, 0) is 68.1 Å². The Bertz CT molecular complexity index is 2840. The number of hydrogen-bond acceptors (Lipinski definition) is 16. The van der Waals surface area contributed by atoms with Gasteiger partial charge in [0.25, 0.3) is 0 Å². The minimum absolute atomic E-state index is 0.0150. The number of nitrogens with two attached hydrogens (primary N) is 3. The molecule has 2 heterocycles. The van der Waals surface area contributed by atoms with Crippen molar-refractivity contribution in [2.45, 2.75) is 321 Å². The number of likely N-dealkylation sites (tertiary alicyclic amines) is 1. The van der Waals surface area contributed by atoms with Crippen LogP contribution in [-0.4, -0.2) is 161 Å². The van der Waals surface area contributed by atoms with Gasteiger partial charge >= 0.3 is 6.09 Å². The van der Waals surface area contributed by atoms with Gasteiger partial charge in [-0.3, -0.25) is 57.5 Å². The number of primary amides is 3. The van der Waals surface area contributed by atoms with Crippen molar-refractivity contribution in [3.8, 4) is 5.75 Å². The molecule has 2 aliphatic rings. The molecule has 594 valence electrons. The average molecular weight is 1510 g/mol. The molecule has 0 bridgehead atoms. The zero-order valence-electron chi connectivity index (χ0n) is 63.8. The van der Waals surface area contributed by atoms with Crippen molar-refractivity contribution in [1.29, 1.82) is 0 Å². The molecule has 0 unspecified atom stereocenters. The summed E-state index contributed by atoms with van der Waals surface area (Å²) in [6.07, 6.45) is 29.5. The molecule has 15 N–H and O–H groups in total. The number of rotatable bonds is 48. The zero-order valence-corrected chi connectivity index (χ0v) is 65.4. The first kappa shape index (κ1) is 92.0. The molecule has 29 heteroatoms. The molecule has 2 saturated heterocycles. The number of nitrogens with zero attached hydrogens (tertiary/aromatic N) is 1. The molecule has 3 rings (SSSR count). The number of nitrogens with one attached hydrogen (secondary N) is 9. The van der Waals surface area contributed by atoms with E-state index in [1.54, 1.807) is 38.1 Å². The van der Waals surface area contributed by atoms with Crippen LogP contribution in [0.5, 0.6) is 5.75 Å². The molecule has 2 aliphatic heterocycles. The molecule has 0 aromatic heterocycles. The summed E-state index contributed by atoms with van der Waals surface area (Å²) in [4.78, 5) is 181. The minimum Gasteiger partial charge on any atom is -0.410 e. The number of unbranched alkanes of at least 4 members (excludes halogenated alkanes) is 25. The van der Waals surface area contributed by atoms with Crippen LogP contribution < -0.4 is 69.8 Å². The fraction of sp³-hybridized carbons (Fsp3) is 0.750. The zero-order chi connectivity index (χ0) is 77.3. The lowest BCUT2D eigenvalue weighted by molar-refractivity contribution is -0.142. The van der Waals surface area contributed by atoms with Crippen LogP contribution in [0.3, 0.4) is 0 Å². The van der Waals surface area contributed by atoms with Gasteiger partial charge in [-0.15, -0.1) is 0 Å². The quantitative estimate of drug-likeness (QED) is 0.0218. The molecule has 0 radical (unpaired) electrons. The maximum Gasteiger partial charge on any atom is 0.412 e. The van der Waals surface area contributed by atoms with Gasteiger partial charge in [0.1, 0.15) is 54.1 Å². The molecule has 0 spiro atoms. The summed E-state index contributed by atoms with van der Waals surface area (Å²) < 4.78 is 5.61. The highest BCUT2D eigenvalue weighted by molar-refractivity contribution is 8.76. The van der Waals surface area contributed by atoms with Crippen molar-refractivity contribution in [2.75, 3.05) is 31.1 Å². The van der Waals surface area contributed by atoms with E-state index in [4.69, 9.17) is 21.9 Å². The Kier molecular flexibility index (Phi) is 47.7. The summed E-state index contributed by atoms with van der Waals surface area (Å²) in [7, 11) is 2.04. The van der Waals surface area contributed by atoms with Crippen LogP contribution in [0.4, 0.5) is 4.79 Å². The summed E-state index contributed by atoms with van der Waals surface area (Å²) in [6, 6.07) is -5.16. The first-order valence-electron chi connectivity index (χ1n) is 39.2. The summed E-state index contributed by atoms with van der Waals surface area (Å²) in [5.41, 5.74) is 17.0. The summed E-state index contributed by atoms with van der Waals surface area (Å²) in [5, 5.41) is 24.1. The molecule has 2 fully saturated rings. The van der Waals surface area contributed by atoms with Crippen molar-refractivity contribution in [1.82, 2.24) is 52.8 Å². The number of carbonyl (C=O) groups is 13. The van der Waals surface area contributed by atoms with E-state index in [9.17, 15) is 57.5 Å². The molecule has 1 aromatic rings. The van der Waals surface area contributed by atoms with E-state index in [0.717, 1.165) is 79.4 Å². The number of carbonyl (C=O) groups excluding carboxylic acids is 13. The Balaban J connectivity index is 2.02. The lowest BCUT2D eigenvalue weighted by Gasteiger charge is -2.31. The van der Waals surface area contributed by atoms with Gasteiger partial charge in [-0.1, -0.05) is 242 Å². The Morgan fingerprint density at radius 1 is 0.562 bits per heavy atom. The van der Waals surface area contributed by atoms with Gasteiger partial charge in [0, 0.05) is 43.9 Å². The lowest BCUT2D eigenvalue weighted by atomic mass is 9.96. The van der Waals surface area contributed by atoms with Crippen molar-refractivity contribution in [3.05, 3.63) is 29.8 Å². The van der Waals surface area contributed by atoms with E-state index in [2.05, 4.69) is 61.7 Å². The van der Waals surface area contributed by atoms with Crippen LogP contribution >= 0.6 is 21.6 Å². The van der Waals surface area contributed by atoms with Crippen molar-refractivity contribution >= 4 is 98.6 Å². The van der Waals surface area contributed by atoms with Gasteiger partial charge in [0.15, 0.2) is 0 Å². The van der Waals surface area contributed by atoms with Crippen LogP contribution in [0.15, 0.2) is 24.3 Å². The Morgan fingerprint density at radius 2 is 1.08 bits per heavy atom. The van der Waals surface area contributed by atoms with E-state index >= 15 is 4.79 Å². The van der Waals surface area contributed by atoms with Gasteiger partial charge in [-0.2, -0.15) is 0 Å². The van der Waals surface area contributed by atoms with E-state index in [0.29, 0.717) is 31.4 Å². The predicted octanol–water partition coefficient (Wildman–Crippen LogP) is 7.89. The van der Waals surface area contributed by atoms with E-state index < -0.39 is 157 Å². The second-order valence-electron chi connectivity index (χ2n) is 28.8. The summed E-state index contributed by atoms with van der Waals surface area (Å²) in [6.45, 7) is 11.5. The molecular formula is C76H129N13O14S2. The normalized spacial score (nSPS) is 19.9. The van der Waals surface area contributed by atoms with E-state index in [-0.39, 0.29) is 55.4 Å². The van der Waals surface area contributed by atoms with Gasteiger partial charge in [0.2, 0.25) is 70.9 Å². The van der Waals surface area contributed by atoms with Gasteiger partial charge < -0.3 is 74.7 Å². The minimum atomic E-state index is -1.81. The third kappa shape index (κ3) is 39.8. The summed E-state index contributed by atoms with van der Waals surface area (Å²) >= 11 is 0. The number of benzene rings is 1. The summed E-state index contributed by atoms with van der Waals surface area (Å²) in [5.74, 6) is -11.1. The molecule has 0 aliphatic carbocycles. The van der Waals surface area contributed by atoms with E-state index in [1.165, 1.54) is 114 Å². The first-order valence-corrected chi connectivity index (χ1v) is 41.7. The lowest BCUT2D eigenvalue weighted by Crippen LogP contribution is -2.62. The molecular weight excluding hydrogens is 1380 g/mol. The maximum atomic E-state index is 15.0. The van der Waals surface area contributed by atoms with Crippen molar-refractivity contribution in [2.24, 2.45) is 29.0 Å². The second-order valence-corrected chi connectivity index (χ2v) is 31.4. The molecule has 1 aromatic carbocycles. The largest absolute Gasteiger partial charge is 0.412 e. The highest BCUT2D eigenvalue weighted by Crippen LogP contribution is 2.27. The highest BCUT2D eigenvalue weighted by Gasteiger charge is 2.41. The second kappa shape index (κ2) is 54.4. The van der Waals surface area contributed by atoms with Crippen LogP contribution in [0.25, 0.3) is 0 Å². The molecule has 9 atom stereocenters. The van der Waals surface area contributed by atoms with Gasteiger partial charge in [-0.25, -0.2) is 4.79 Å². The van der Waals surface area contributed by atoms with E-state index in [1.807, 2.05) is 13.8 Å². The third-order valence-corrected chi connectivity index (χ3v) is 21.5. The molecule has 0 saturated carbocycles. The fourth-order valence-corrected chi connectivity index (χ4v) is 15.0. The first-order chi connectivity index (χ1) is 50.4. The van der Waals surface area contributed by atoms with Gasteiger partial charge in [0.05, 0.1) is 13.0 Å². The number of hydrogen-bond donors (Lipinski definition) is 12. The van der Waals surface area contributed by atoms with Crippen LogP contribution in [-0.2, 0) is 64.0 Å². The third-order valence-electron chi connectivity index (χ3n) is 19.1. The SMILES string of the molecule is CCCCCCCCCCCCCCCCNC(=O)Oc1ccc(C[C@@H]2NC(=O)[C@@H](NC(=O)CCCCCCCCCCCCCCC)CSSC[C@@H](C(=O)N3CCC[C@H]3C(=O)N[C@@H](CC(C)C)C(=O)NCC(N)=O)NC(=O)[C@H](CC(N)=O)NC(=O)[C@H](CCC(N)=O)NC(=O)[C@H]([C@@H](C)CC)NC2=O)cc1. The van der Waals surface area contributed by atoms with Crippen LogP contribution in [0.2, 0.25) is 0 Å². The smallest absolute Gasteiger partial charge is 0.410 e. The Morgan fingerprint density at radius 3 is 1.61 bits per heavy atom. The number of ether oxygens (including phenoxy) is 1. The van der Waals surface area contributed by atoms with Crippen LogP contribution in [0, 0.1) is 11.8 Å². The molecule has 13 amide bonds. The number of amides is 13. The highest BCUT2D eigenvalue weighted by atomic mass is 33.1. The molecule has 105 heavy (non-hydrogen) atoms. The Labute approximate surface area is 632 Å². The van der Waals surface area contributed by atoms with Crippen molar-refractivity contribution < 1.29 is 67.1 Å². The monoisotopic (exact) mass is 1510 g/mol.